The smallest absolute Gasteiger partial charge is 0.300 e. The number of piperidine rings is 1. The van der Waals surface area contributed by atoms with Crippen molar-refractivity contribution in [2.75, 3.05) is 31.2 Å². The highest BCUT2D eigenvalue weighted by atomic mass is 32.1. The lowest BCUT2D eigenvalue weighted by Gasteiger charge is -2.23. The van der Waals surface area contributed by atoms with Crippen LogP contribution in [0, 0.1) is 0 Å². The quantitative estimate of drug-likeness (QED) is 0.223. The monoisotopic (exact) mass is 583 g/mol. The van der Waals surface area contributed by atoms with E-state index in [4.69, 9.17) is 35.4 Å². The maximum atomic E-state index is 12.5. The first-order chi connectivity index (χ1) is 19.6. The molecule has 4 aromatic rings. The van der Waals surface area contributed by atoms with Gasteiger partial charge in [-0.25, -0.2) is 14.6 Å². The minimum Gasteiger partial charge on any atom is -0.495 e. The van der Waals surface area contributed by atoms with E-state index in [-0.39, 0.29) is 11.9 Å². The minimum absolute atomic E-state index is 0.0956. The average molecular weight is 584 g/mol. The van der Waals surface area contributed by atoms with Crippen LogP contribution in [0.2, 0.25) is 0 Å². The summed E-state index contributed by atoms with van der Waals surface area (Å²) < 4.78 is 7.57. The second-order valence-corrected chi connectivity index (χ2v) is 10.0. The summed E-state index contributed by atoms with van der Waals surface area (Å²) >= 11 is 1.56. The van der Waals surface area contributed by atoms with E-state index in [1.165, 1.54) is 6.33 Å². The van der Waals surface area contributed by atoms with Crippen LogP contribution < -0.4 is 21.1 Å². The maximum absolute atomic E-state index is 12.5. The van der Waals surface area contributed by atoms with E-state index in [1.807, 2.05) is 40.4 Å². The Morgan fingerprint density at radius 2 is 1.83 bits per heavy atom. The minimum atomic E-state index is -0.833. The first kappa shape index (κ1) is 31.0. The Labute approximate surface area is 240 Å². The summed E-state index contributed by atoms with van der Waals surface area (Å²) in [5.74, 6) is -0.823. The number of anilines is 2. The summed E-state index contributed by atoms with van der Waals surface area (Å²) in [6.07, 6.45) is 3.74. The molecule has 1 aliphatic rings. The molecule has 0 saturated carbocycles. The third-order valence-electron chi connectivity index (χ3n) is 5.84. The summed E-state index contributed by atoms with van der Waals surface area (Å²) in [7, 11) is 1.58. The molecule has 41 heavy (non-hydrogen) atoms. The van der Waals surface area contributed by atoms with Crippen LogP contribution in [-0.2, 0) is 20.8 Å². The standard InChI is InChI=1S/C23H25N7O2S.2C2H4O2/c1-32-18-11-14(4-5-17(18)28-19(31)12-16-3-2-10-33-16)21-20-22(24)26-13-27-23(20)30(29-21)15-6-8-25-9-7-15;2*1-2(3)4/h2-5,10-11,13,15,25H,6-9,12H2,1H3,(H,28,31)(H2,24,26,27);2*1H3,(H,3,4). The molecule has 3 aromatic heterocycles. The molecule has 1 amide bonds. The van der Waals surface area contributed by atoms with E-state index in [9.17, 15) is 4.79 Å². The van der Waals surface area contributed by atoms with E-state index < -0.39 is 11.9 Å². The molecule has 0 spiro atoms. The summed E-state index contributed by atoms with van der Waals surface area (Å²) in [6, 6.07) is 9.73. The SMILES string of the molecule is CC(=O)O.CC(=O)O.COc1cc(-c2nn(C3CCNCC3)c3ncnc(N)c23)ccc1NC(=O)Cc1cccs1. The first-order valence-corrected chi connectivity index (χ1v) is 13.6. The van der Waals surface area contributed by atoms with Crippen molar-refractivity contribution in [3.63, 3.8) is 0 Å². The molecule has 5 rings (SSSR count). The number of rotatable bonds is 6. The molecule has 14 heteroatoms. The van der Waals surface area contributed by atoms with Crippen LogP contribution in [0.5, 0.6) is 5.75 Å². The number of thiophene rings is 1. The number of carbonyl (C=O) groups excluding carboxylic acids is 1. The van der Waals surface area contributed by atoms with Gasteiger partial charge < -0.3 is 31.3 Å². The lowest BCUT2D eigenvalue weighted by molar-refractivity contribution is -0.135. The van der Waals surface area contributed by atoms with Gasteiger partial charge in [-0.05, 0) is 49.5 Å². The first-order valence-electron chi connectivity index (χ1n) is 12.7. The highest BCUT2D eigenvalue weighted by Gasteiger charge is 2.24. The Morgan fingerprint density at radius 1 is 1.15 bits per heavy atom. The van der Waals surface area contributed by atoms with Gasteiger partial charge in [-0.3, -0.25) is 14.4 Å². The molecule has 4 heterocycles. The molecule has 0 aliphatic carbocycles. The lowest BCUT2D eigenvalue weighted by Crippen LogP contribution is -2.30. The lowest BCUT2D eigenvalue weighted by atomic mass is 10.1. The molecule has 6 N–H and O–H groups in total. The predicted molar refractivity (Wildman–Crippen MR) is 156 cm³/mol. The van der Waals surface area contributed by atoms with Crippen molar-refractivity contribution < 1.29 is 29.3 Å². The van der Waals surface area contributed by atoms with Crippen LogP contribution in [0.3, 0.4) is 0 Å². The van der Waals surface area contributed by atoms with Crippen LogP contribution in [-0.4, -0.2) is 68.0 Å². The third kappa shape index (κ3) is 8.71. The number of aromatic nitrogens is 4. The molecular formula is C27H33N7O6S. The number of benzene rings is 1. The summed E-state index contributed by atoms with van der Waals surface area (Å²) in [5.41, 5.74) is 9.13. The molecule has 1 aromatic carbocycles. The van der Waals surface area contributed by atoms with Crippen LogP contribution in [0.25, 0.3) is 22.3 Å². The van der Waals surface area contributed by atoms with Crippen LogP contribution in [0.15, 0.2) is 42.0 Å². The van der Waals surface area contributed by atoms with Gasteiger partial charge in [-0.15, -0.1) is 11.3 Å². The number of nitrogens with zero attached hydrogens (tertiary/aromatic N) is 4. The van der Waals surface area contributed by atoms with E-state index in [2.05, 4.69) is 20.6 Å². The average Bonchev–Trinajstić information content (AvgIpc) is 3.57. The van der Waals surface area contributed by atoms with Crippen molar-refractivity contribution in [1.29, 1.82) is 0 Å². The second-order valence-electron chi connectivity index (χ2n) is 8.99. The van der Waals surface area contributed by atoms with Crippen LogP contribution in [0.4, 0.5) is 11.5 Å². The number of nitrogens with two attached hydrogens (primary N) is 1. The molecule has 1 saturated heterocycles. The zero-order valence-electron chi connectivity index (χ0n) is 23.0. The molecule has 218 valence electrons. The number of fused-ring (bicyclic) bond motifs is 1. The van der Waals surface area contributed by atoms with Crippen molar-refractivity contribution in [2.45, 2.75) is 39.2 Å². The van der Waals surface area contributed by atoms with Crippen molar-refractivity contribution in [3.05, 3.63) is 46.9 Å². The van der Waals surface area contributed by atoms with Gasteiger partial charge >= 0.3 is 0 Å². The number of carbonyl (C=O) groups is 3. The number of methoxy groups -OCH3 is 1. The largest absolute Gasteiger partial charge is 0.495 e. The summed E-state index contributed by atoms with van der Waals surface area (Å²) in [4.78, 5) is 40.2. The van der Waals surface area contributed by atoms with Gasteiger partial charge in [0.2, 0.25) is 5.91 Å². The molecule has 1 aliphatic heterocycles. The van der Waals surface area contributed by atoms with Gasteiger partial charge in [0.25, 0.3) is 11.9 Å². The topological polar surface area (TPSA) is 195 Å². The van der Waals surface area contributed by atoms with Gasteiger partial charge in [-0.1, -0.05) is 12.1 Å². The number of carboxylic acids is 2. The summed E-state index contributed by atoms with van der Waals surface area (Å²) in [6.45, 7) is 4.05. The molecule has 0 atom stereocenters. The Hall–Kier alpha value is -4.56. The van der Waals surface area contributed by atoms with Gasteiger partial charge in [0.15, 0.2) is 5.65 Å². The Morgan fingerprint density at radius 3 is 2.44 bits per heavy atom. The molecule has 0 radical (unpaired) electrons. The molecule has 0 bridgehead atoms. The highest BCUT2D eigenvalue weighted by molar-refractivity contribution is 7.10. The fraction of sp³-hybridized carbons (Fsp3) is 0.333. The van der Waals surface area contributed by atoms with Gasteiger partial charge in [-0.2, -0.15) is 5.10 Å². The van der Waals surface area contributed by atoms with Gasteiger partial charge in [0.1, 0.15) is 23.6 Å². The van der Waals surface area contributed by atoms with Crippen molar-refractivity contribution in [2.24, 2.45) is 0 Å². The van der Waals surface area contributed by atoms with E-state index >= 15 is 0 Å². The number of hydrogen-bond acceptors (Lipinski definition) is 10. The van der Waals surface area contributed by atoms with Gasteiger partial charge in [0, 0.05) is 24.3 Å². The van der Waals surface area contributed by atoms with Crippen molar-refractivity contribution >= 4 is 51.7 Å². The summed E-state index contributed by atoms with van der Waals surface area (Å²) in [5, 5.41) is 28.8. The zero-order chi connectivity index (χ0) is 29.9. The molecule has 1 fully saturated rings. The number of amides is 1. The Balaban J connectivity index is 0.000000515. The Bertz CT molecular complexity index is 1460. The Kier molecular flexibility index (Phi) is 11.1. The van der Waals surface area contributed by atoms with Crippen molar-refractivity contribution in [3.8, 4) is 17.0 Å². The van der Waals surface area contributed by atoms with Crippen molar-refractivity contribution in [1.82, 2.24) is 25.1 Å². The van der Waals surface area contributed by atoms with Crippen LogP contribution >= 0.6 is 11.3 Å². The van der Waals surface area contributed by atoms with E-state index in [0.29, 0.717) is 29.4 Å². The normalized spacial score (nSPS) is 12.9. The van der Waals surface area contributed by atoms with E-state index in [1.54, 1.807) is 18.4 Å². The number of nitrogens with one attached hydrogen (secondary N) is 2. The number of nitrogen functional groups attached to an aromatic ring is 1. The fourth-order valence-electron chi connectivity index (χ4n) is 4.21. The second kappa shape index (κ2) is 14.7. The number of hydrogen-bond donors (Lipinski definition) is 5. The molecule has 0 unspecified atom stereocenters. The third-order valence-corrected chi connectivity index (χ3v) is 6.71. The zero-order valence-corrected chi connectivity index (χ0v) is 23.8. The number of aliphatic carboxylic acids is 2. The number of carboxylic acid groups (broad SMARTS) is 2. The van der Waals surface area contributed by atoms with Gasteiger partial charge in [0.05, 0.1) is 30.6 Å². The van der Waals surface area contributed by atoms with Crippen LogP contribution in [0.1, 0.15) is 37.6 Å². The number of ether oxygens (including phenoxy) is 1. The van der Waals surface area contributed by atoms with E-state index in [0.717, 1.165) is 61.3 Å². The molecule has 13 nitrogen and oxygen atoms in total. The highest BCUT2D eigenvalue weighted by Crippen LogP contribution is 2.36. The maximum Gasteiger partial charge on any atom is 0.300 e. The molecular weight excluding hydrogens is 550 g/mol. The predicted octanol–water partition coefficient (Wildman–Crippen LogP) is 3.43. The fourth-order valence-corrected chi connectivity index (χ4v) is 4.91.